The number of likely N-dealkylation sites (tertiary alicyclic amines) is 1. The molecule has 224 valence electrons. The van der Waals surface area contributed by atoms with Gasteiger partial charge in [0.1, 0.15) is 0 Å². The van der Waals surface area contributed by atoms with E-state index in [-0.39, 0.29) is 18.4 Å². The lowest BCUT2D eigenvalue weighted by Crippen LogP contribution is -2.48. The maximum atomic E-state index is 13.5. The Hall–Kier alpha value is -4.25. The van der Waals surface area contributed by atoms with E-state index in [4.69, 9.17) is 9.90 Å². The Morgan fingerprint density at radius 3 is 2.38 bits per heavy atom. The number of carboxylic acid groups (broad SMARTS) is 1. The topological polar surface area (TPSA) is 98.7 Å². The highest BCUT2D eigenvalue weighted by atomic mass is 19.4. The summed E-state index contributed by atoms with van der Waals surface area (Å²) in [6, 6.07) is 9.16. The van der Waals surface area contributed by atoms with Gasteiger partial charge in [0, 0.05) is 62.1 Å². The van der Waals surface area contributed by atoms with E-state index in [1.165, 1.54) is 18.2 Å². The van der Waals surface area contributed by atoms with Gasteiger partial charge in [0.05, 0.1) is 17.4 Å². The van der Waals surface area contributed by atoms with Gasteiger partial charge in [-0.3, -0.25) is 19.6 Å². The number of hydrogen-bond acceptors (Lipinski definition) is 6. The largest absolute Gasteiger partial charge is 0.483 e. The van der Waals surface area contributed by atoms with Crippen molar-refractivity contribution in [3.8, 4) is 0 Å². The normalized spacial score (nSPS) is 14.4. The fourth-order valence-electron chi connectivity index (χ4n) is 4.76. The number of aromatic nitrogens is 2. The first-order chi connectivity index (χ1) is 20.0. The van der Waals surface area contributed by atoms with Crippen LogP contribution in [0, 0.1) is 6.92 Å². The molecular formula is C31H36F3N5O3. The van der Waals surface area contributed by atoms with E-state index in [1.54, 1.807) is 30.9 Å². The second-order valence-electron chi connectivity index (χ2n) is 10.3. The number of rotatable bonds is 8. The van der Waals surface area contributed by atoms with Crippen LogP contribution in [0.1, 0.15) is 48.9 Å². The number of aryl methyl sites for hydroxylation is 1. The van der Waals surface area contributed by atoms with Crippen molar-refractivity contribution >= 4 is 29.8 Å². The van der Waals surface area contributed by atoms with Crippen LogP contribution in [0.3, 0.4) is 0 Å². The van der Waals surface area contributed by atoms with E-state index < -0.39 is 11.7 Å². The monoisotopic (exact) mass is 583 g/mol. The zero-order valence-electron chi connectivity index (χ0n) is 23.9. The SMILES string of the molecule is Cc1cnccc1Nc1cncc(CN(C(=O)/C=C/c2ccc(C(F)(F)F)cc2)C2CCN(C(C)C)CC2)c1.O=CO. The van der Waals surface area contributed by atoms with Crippen LogP contribution in [-0.2, 0) is 22.3 Å². The third kappa shape index (κ3) is 9.41. The standard InChI is InChI=1S/C30H34F3N5O.CH2O2/c1-21(2)37-14-11-27(12-15-37)38(29(39)9-6-23-4-7-25(8-5-23)30(31,32)33)20-24-16-26(19-35-18-24)36-28-10-13-34-17-22(28)3;2-1-3/h4-10,13,16-19,21,27H,11-12,14-15,20H2,1-3H3,(H,34,36);1H,(H,2,3)/b9-6+;. The summed E-state index contributed by atoms with van der Waals surface area (Å²) < 4.78 is 38.7. The van der Waals surface area contributed by atoms with Crippen molar-refractivity contribution in [3.63, 3.8) is 0 Å². The minimum atomic E-state index is -4.40. The fraction of sp³-hybridized carbons (Fsp3) is 0.355. The predicted molar refractivity (Wildman–Crippen MR) is 156 cm³/mol. The molecule has 1 aliphatic rings. The molecule has 0 saturated carbocycles. The first-order valence-electron chi connectivity index (χ1n) is 13.6. The fourth-order valence-corrected chi connectivity index (χ4v) is 4.76. The van der Waals surface area contributed by atoms with Crippen molar-refractivity contribution < 1.29 is 27.9 Å². The van der Waals surface area contributed by atoms with Crippen molar-refractivity contribution in [2.24, 2.45) is 0 Å². The number of anilines is 2. The number of nitrogens with zero attached hydrogens (tertiary/aromatic N) is 4. The molecule has 0 bridgehead atoms. The lowest BCUT2D eigenvalue weighted by atomic mass is 10.0. The van der Waals surface area contributed by atoms with E-state index >= 15 is 0 Å². The molecule has 2 aromatic heterocycles. The second-order valence-corrected chi connectivity index (χ2v) is 10.3. The summed E-state index contributed by atoms with van der Waals surface area (Å²) in [6.07, 6.45) is 7.32. The lowest BCUT2D eigenvalue weighted by molar-refractivity contribution is -0.137. The molecule has 0 aliphatic carbocycles. The lowest BCUT2D eigenvalue weighted by Gasteiger charge is -2.39. The molecule has 42 heavy (non-hydrogen) atoms. The van der Waals surface area contributed by atoms with Gasteiger partial charge >= 0.3 is 6.18 Å². The Balaban J connectivity index is 0.00000155. The average Bonchev–Trinajstić information content (AvgIpc) is 2.96. The number of halogens is 3. The van der Waals surface area contributed by atoms with Crippen LogP contribution >= 0.6 is 0 Å². The van der Waals surface area contributed by atoms with E-state index in [0.717, 1.165) is 60.6 Å². The molecule has 1 fully saturated rings. The van der Waals surface area contributed by atoms with Gasteiger partial charge in [-0.2, -0.15) is 13.2 Å². The van der Waals surface area contributed by atoms with Crippen molar-refractivity contribution in [3.05, 3.63) is 89.5 Å². The number of carbonyl (C=O) groups is 2. The van der Waals surface area contributed by atoms with Crippen molar-refractivity contribution in [2.75, 3.05) is 18.4 Å². The summed E-state index contributed by atoms with van der Waals surface area (Å²) >= 11 is 0. The van der Waals surface area contributed by atoms with E-state index in [1.807, 2.05) is 24.0 Å². The number of benzene rings is 1. The van der Waals surface area contributed by atoms with Gasteiger partial charge in [-0.15, -0.1) is 0 Å². The summed E-state index contributed by atoms with van der Waals surface area (Å²) in [4.78, 5) is 34.6. The van der Waals surface area contributed by atoms with Gasteiger partial charge in [0.25, 0.3) is 6.47 Å². The number of amides is 1. The smallest absolute Gasteiger partial charge is 0.416 e. The third-order valence-corrected chi connectivity index (χ3v) is 7.06. The molecule has 0 spiro atoms. The number of hydrogen-bond donors (Lipinski definition) is 2. The van der Waals surface area contributed by atoms with Gasteiger partial charge < -0.3 is 20.2 Å². The maximum absolute atomic E-state index is 13.5. The highest BCUT2D eigenvalue weighted by Crippen LogP contribution is 2.29. The van der Waals surface area contributed by atoms with Crippen molar-refractivity contribution in [1.29, 1.82) is 0 Å². The first kappa shape index (κ1) is 32.3. The summed E-state index contributed by atoms with van der Waals surface area (Å²) in [5, 5.41) is 10.3. The molecule has 0 radical (unpaired) electrons. The molecule has 4 rings (SSSR count). The molecule has 1 aliphatic heterocycles. The van der Waals surface area contributed by atoms with Gasteiger partial charge in [-0.25, -0.2) is 0 Å². The summed E-state index contributed by atoms with van der Waals surface area (Å²) in [5.41, 5.74) is 3.44. The van der Waals surface area contributed by atoms with Crippen LogP contribution in [0.4, 0.5) is 24.5 Å². The molecule has 0 atom stereocenters. The van der Waals surface area contributed by atoms with Crippen LogP contribution in [0.25, 0.3) is 6.08 Å². The summed E-state index contributed by atoms with van der Waals surface area (Å²) in [7, 11) is 0. The number of pyridine rings is 2. The van der Waals surface area contributed by atoms with Crippen molar-refractivity contribution in [2.45, 2.75) is 58.4 Å². The Labute approximate surface area is 243 Å². The molecule has 1 aromatic carbocycles. The zero-order valence-corrected chi connectivity index (χ0v) is 23.9. The van der Waals surface area contributed by atoms with Crippen LogP contribution in [-0.4, -0.2) is 62.4 Å². The average molecular weight is 584 g/mol. The van der Waals surface area contributed by atoms with E-state index in [2.05, 4.69) is 34.0 Å². The van der Waals surface area contributed by atoms with Gasteiger partial charge in [-0.05, 0) is 80.6 Å². The molecule has 3 heterocycles. The van der Waals surface area contributed by atoms with Gasteiger partial charge in [0.15, 0.2) is 0 Å². The Kier molecular flexibility index (Phi) is 11.6. The quantitative estimate of drug-likeness (QED) is 0.242. The molecular weight excluding hydrogens is 547 g/mol. The molecule has 2 N–H and O–H groups in total. The van der Waals surface area contributed by atoms with Crippen LogP contribution < -0.4 is 5.32 Å². The van der Waals surface area contributed by atoms with E-state index in [9.17, 15) is 18.0 Å². The van der Waals surface area contributed by atoms with Gasteiger partial charge in [-0.1, -0.05) is 12.1 Å². The Morgan fingerprint density at radius 1 is 1.12 bits per heavy atom. The maximum Gasteiger partial charge on any atom is 0.416 e. The molecule has 11 heteroatoms. The number of piperidine rings is 1. The number of carbonyl (C=O) groups excluding carboxylic acids is 1. The van der Waals surface area contributed by atoms with Gasteiger partial charge in [0.2, 0.25) is 5.91 Å². The number of nitrogens with one attached hydrogen (secondary N) is 1. The first-order valence-corrected chi connectivity index (χ1v) is 13.6. The zero-order chi connectivity index (χ0) is 30.7. The second kappa shape index (κ2) is 15.1. The van der Waals surface area contributed by atoms with Crippen LogP contribution in [0.2, 0.25) is 0 Å². The molecule has 1 saturated heterocycles. The van der Waals surface area contributed by atoms with Crippen LogP contribution in [0.15, 0.2) is 67.3 Å². The Morgan fingerprint density at radius 2 is 1.79 bits per heavy atom. The minimum absolute atomic E-state index is 0.0452. The highest BCUT2D eigenvalue weighted by molar-refractivity contribution is 5.92. The highest BCUT2D eigenvalue weighted by Gasteiger charge is 2.30. The number of alkyl halides is 3. The van der Waals surface area contributed by atoms with Crippen molar-refractivity contribution in [1.82, 2.24) is 19.8 Å². The third-order valence-electron chi connectivity index (χ3n) is 7.06. The Bertz CT molecular complexity index is 1340. The van der Waals surface area contributed by atoms with Crippen LogP contribution in [0.5, 0.6) is 0 Å². The molecule has 0 unspecified atom stereocenters. The minimum Gasteiger partial charge on any atom is -0.483 e. The molecule has 1 amide bonds. The summed E-state index contributed by atoms with van der Waals surface area (Å²) in [5.74, 6) is -0.179. The summed E-state index contributed by atoms with van der Waals surface area (Å²) in [6.45, 7) is 8.24. The molecule has 8 nitrogen and oxygen atoms in total. The predicted octanol–water partition coefficient (Wildman–Crippen LogP) is 6.16. The molecule has 3 aromatic rings. The van der Waals surface area contributed by atoms with E-state index in [0.29, 0.717) is 18.2 Å².